The predicted octanol–water partition coefficient (Wildman–Crippen LogP) is 1.89. The Labute approximate surface area is 105 Å². The number of phosphoric acid groups is 2. The molecule has 1 atom stereocenters. The van der Waals surface area contributed by atoms with Gasteiger partial charge in [-0.05, 0) is 25.2 Å². The zero-order valence-corrected chi connectivity index (χ0v) is 11.7. The van der Waals surface area contributed by atoms with E-state index in [0.29, 0.717) is 12.3 Å². The molecule has 0 aromatic heterocycles. The quantitative estimate of drug-likeness (QED) is 0.346. The highest BCUT2D eigenvalue weighted by molar-refractivity contribution is 7.60. The highest BCUT2D eigenvalue weighted by atomic mass is 31.3. The van der Waals surface area contributed by atoms with E-state index in [1.807, 2.05) is 0 Å². The zero-order valence-electron chi connectivity index (χ0n) is 9.90. The van der Waals surface area contributed by atoms with Crippen molar-refractivity contribution >= 4 is 15.6 Å². The first-order valence-corrected chi connectivity index (χ1v) is 7.64. The van der Waals surface area contributed by atoms with Crippen LogP contribution < -0.4 is 12.3 Å². The minimum atomic E-state index is -5.02. The molecule has 11 heteroatoms. The fourth-order valence-electron chi connectivity index (χ4n) is 1.15. The van der Waals surface area contributed by atoms with Gasteiger partial charge in [-0.2, -0.15) is 4.31 Å². The lowest BCUT2D eigenvalue weighted by molar-refractivity contribution is 0.179. The number of hydrogen-bond acceptors (Lipinski definition) is 6. The summed E-state index contributed by atoms with van der Waals surface area (Å²) < 4.78 is 29.3. The van der Waals surface area contributed by atoms with Gasteiger partial charge in [0.25, 0.3) is 0 Å². The fourth-order valence-corrected chi connectivity index (χ4v) is 2.73. The van der Waals surface area contributed by atoms with Crippen LogP contribution in [0.3, 0.4) is 0 Å². The molecule has 110 valence electrons. The molecule has 1 aliphatic carbocycles. The Kier molecular flexibility index (Phi) is 8.43. The van der Waals surface area contributed by atoms with Crippen molar-refractivity contribution in [2.75, 3.05) is 6.61 Å². The van der Waals surface area contributed by atoms with Crippen molar-refractivity contribution < 1.29 is 32.6 Å². The second-order valence-electron chi connectivity index (χ2n) is 3.56. The van der Waals surface area contributed by atoms with Crippen LogP contribution in [0.5, 0.6) is 0 Å². The van der Waals surface area contributed by atoms with Gasteiger partial charge in [0.2, 0.25) is 0 Å². The van der Waals surface area contributed by atoms with Crippen LogP contribution in [-0.4, -0.2) is 21.3 Å². The summed E-state index contributed by atoms with van der Waals surface area (Å²) >= 11 is 0. The molecule has 0 aliphatic heterocycles. The maximum Gasteiger partial charge on any atom is 0.481 e. The molecule has 1 aliphatic rings. The Morgan fingerprint density at radius 3 is 2.11 bits per heavy atom. The van der Waals surface area contributed by atoms with Crippen molar-refractivity contribution in [1.82, 2.24) is 12.3 Å². The topological polar surface area (TPSA) is 183 Å². The van der Waals surface area contributed by atoms with Gasteiger partial charge in [0, 0.05) is 0 Å². The molecule has 0 heterocycles. The largest absolute Gasteiger partial charge is 0.481 e. The predicted molar refractivity (Wildman–Crippen MR) is 65.4 cm³/mol. The Morgan fingerprint density at radius 2 is 1.72 bits per heavy atom. The molecule has 9 nitrogen and oxygen atoms in total. The maximum atomic E-state index is 11.0. The van der Waals surface area contributed by atoms with Crippen LogP contribution in [0.25, 0.3) is 0 Å². The molecule has 0 aromatic rings. The number of rotatable bonds is 7. The van der Waals surface area contributed by atoms with Gasteiger partial charge in [-0.1, -0.05) is 12.2 Å². The Hall–Kier alpha value is -0.0800. The van der Waals surface area contributed by atoms with E-state index in [9.17, 15) is 9.13 Å². The van der Waals surface area contributed by atoms with E-state index in [1.165, 1.54) is 0 Å². The first-order valence-electron chi connectivity index (χ1n) is 4.61. The van der Waals surface area contributed by atoms with Crippen LogP contribution in [0, 0.1) is 5.92 Å². The van der Waals surface area contributed by atoms with Gasteiger partial charge >= 0.3 is 15.6 Å². The first kappa shape index (κ1) is 20.2. The monoisotopic (exact) mass is 306 g/mol. The average Bonchev–Trinajstić information content (AvgIpc) is 2.79. The Bertz CT molecular complexity index is 365. The van der Waals surface area contributed by atoms with Crippen LogP contribution in [0.1, 0.15) is 19.3 Å². The summed E-state index contributed by atoms with van der Waals surface area (Å²) in [6.07, 6.45) is 2.50. The number of hydrogen-bond donors (Lipinski definition) is 5. The lowest BCUT2D eigenvalue weighted by Crippen LogP contribution is -1.98. The van der Waals surface area contributed by atoms with E-state index in [2.05, 4.69) is 15.4 Å². The Balaban J connectivity index is 0. The van der Waals surface area contributed by atoms with Crippen molar-refractivity contribution in [3.8, 4) is 0 Å². The van der Waals surface area contributed by atoms with Crippen molar-refractivity contribution in [2.45, 2.75) is 19.3 Å². The Morgan fingerprint density at radius 1 is 1.22 bits per heavy atom. The second kappa shape index (κ2) is 7.49. The summed E-state index contributed by atoms with van der Waals surface area (Å²) in [5.74, 6) is 0.448. The molecular weight excluding hydrogens is 286 g/mol. The minimum Gasteiger partial charge on any atom is -0.344 e. The highest BCUT2D eigenvalue weighted by Gasteiger charge is 2.32. The molecule has 1 saturated carbocycles. The van der Waals surface area contributed by atoms with Crippen molar-refractivity contribution in [3.63, 3.8) is 0 Å². The third kappa shape index (κ3) is 8.93. The molecule has 0 bridgehead atoms. The van der Waals surface area contributed by atoms with Crippen LogP contribution >= 0.6 is 15.6 Å². The number of phosphoric ester groups is 1. The summed E-state index contributed by atoms with van der Waals surface area (Å²) in [7, 11) is -9.70. The summed E-state index contributed by atoms with van der Waals surface area (Å²) in [4.78, 5) is 25.5. The van der Waals surface area contributed by atoms with Gasteiger partial charge in [-0.15, -0.1) is 0 Å². The maximum absolute atomic E-state index is 11.0. The third-order valence-electron chi connectivity index (χ3n) is 2.04. The van der Waals surface area contributed by atoms with Gasteiger partial charge in [0.15, 0.2) is 0 Å². The van der Waals surface area contributed by atoms with E-state index >= 15 is 0 Å². The van der Waals surface area contributed by atoms with E-state index in [4.69, 9.17) is 14.7 Å². The van der Waals surface area contributed by atoms with Gasteiger partial charge in [-0.3, -0.25) is 4.52 Å². The minimum absolute atomic E-state index is 0. The molecule has 0 spiro atoms. The van der Waals surface area contributed by atoms with Gasteiger partial charge in [-0.25, -0.2) is 9.13 Å². The van der Waals surface area contributed by atoms with Gasteiger partial charge < -0.3 is 27.0 Å². The summed E-state index contributed by atoms with van der Waals surface area (Å²) in [5, 5.41) is 0. The van der Waals surface area contributed by atoms with Crippen LogP contribution in [0.15, 0.2) is 12.2 Å². The third-order valence-corrected chi connectivity index (χ3v) is 4.23. The second-order valence-corrected chi connectivity index (χ2v) is 6.39. The molecular formula is C7H20N2O7P2. The zero-order chi connectivity index (χ0) is 12.4. The molecule has 0 aromatic carbocycles. The fraction of sp³-hybridized carbons (Fsp3) is 0.714. The van der Waals surface area contributed by atoms with Crippen LogP contribution in [0.2, 0.25) is 0 Å². The summed E-state index contributed by atoms with van der Waals surface area (Å²) in [6, 6.07) is 0. The molecule has 0 amide bonds. The van der Waals surface area contributed by atoms with Crippen molar-refractivity contribution in [1.29, 1.82) is 0 Å². The lowest BCUT2D eigenvalue weighted by atomic mass is 10.1. The van der Waals surface area contributed by atoms with Gasteiger partial charge in [0.05, 0.1) is 6.61 Å². The summed E-state index contributed by atoms with van der Waals surface area (Å²) in [6.45, 7) is 3.62. The van der Waals surface area contributed by atoms with Crippen molar-refractivity contribution in [3.05, 3.63) is 12.2 Å². The summed E-state index contributed by atoms with van der Waals surface area (Å²) in [5.41, 5.74) is 0.913. The van der Waals surface area contributed by atoms with E-state index < -0.39 is 15.6 Å². The molecule has 1 rings (SSSR count). The van der Waals surface area contributed by atoms with E-state index in [1.54, 1.807) is 0 Å². The van der Waals surface area contributed by atoms with Crippen molar-refractivity contribution in [2.24, 2.45) is 5.92 Å². The molecule has 1 unspecified atom stereocenters. The molecule has 18 heavy (non-hydrogen) atoms. The molecule has 0 radical (unpaired) electrons. The smallest absolute Gasteiger partial charge is 0.344 e. The lowest BCUT2D eigenvalue weighted by Gasteiger charge is -2.12. The van der Waals surface area contributed by atoms with Gasteiger partial charge in [0.1, 0.15) is 0 Å². The van der Waals surface area contributed by atoms with E-state index in [-0.39, 0.29) is 18.9 Å². The standard InChI is InChI=1S/C7H14O7P2.2H3N/c1-6(7-2-3-7)4-5-13-16(11,12)14-15(8,9)10;;/h7H,1-5H2,(H,11,12)(H2,8,9,10);2*1H3. The molecule has 1 fully saturated rings. The average molecular weight is 306 g/mol. The first-order chi connectivity index (χ1) is 7.20. The normalized spacial score (nSPS) is 18.2. The van der Waals surface area contributed by atoms with E-state index in [0.717, 1.165) is 18.4 Å². The molecule has 9 N–H and O–H groups in total. The highest BCUT2D eigenvalue weighted by Crippen LogP contribution is 2.57. The van der Waals surface area contributed by atoms with Crippen LogP contribution in [-0.2, 0) is 18.0 Å². The van der Waals surface area contributed by atoms with Crippen LogP contribution in [0.4, 0.5) is 0 Å². The molecule has 0 saturated heterocycles. The SMILES string of the molecule is C=C(CCOP(=O)(O)OP(=O)(O)O)C1CC1.N.N.